The first kappa shape index (κ1) is 26.4. The third kappa shape index (κ3) is 7.64. The van der Waals surface area contributed by atoms with Gasteiger partial charge in [0, 0.05) is 42.4 Å². The van der Waals surface area contributed by atoms with Crippen LogP contribution in [0.3, 0.4) is 0 Å². The number of carbonyl (C=O) groups is 2. The highest BCUT2D eigenvalue weighted by Crippen LogP contribution is 2.24. The number of likely N-dealkylation sites (tertiary alicyclic amines) is 1. The fourth-order valence-electron chi connectivity index (χ4n) is 4.13. The van der Waals surface area contributed by atoms with Crippen LogP contribution in [-0.2, 0) is 9.47 Å². The second-order valence-electron chi connectivity index (χ2n) is 10.2. The molecule has 8 heteroatoms. The molecule has 0 bridgehead atoms. The number of aromatic amines is 1. The molecule has 1 aliphatic rings. The summed E-state index contributed by atoms with van der Waals surface area (Å²) in [4.78, 5) is 30.0. The molecule has 2 heterocycles. The molecule has 1 aliphatic heterocycles. The molecule has 7 nitrogen and oxygen atoms in total. The second kappa shape index (κ2) is 11.9. The number of H-pyrrole nitrogens is 1. The number of carbonyl (C=O) groups excluding carboxylic acids is 2. The van der Waals surface area contributed by atoms with E-state index in [4.69, 9.17) is 21.1 Å². The number of hydrogen-bond acceptors (Lipinski definition) is 4. The number of rotatable bonds is 9. The molecule has 0 saturated carbocycles. The van der Waals surface area contributed by atoms with Crippen molar-refractivity contribution in [1.82, 2.24) is 15.2 Å². The standard InChI is InChI=1S/C26H38ClN3O4/c1-5-6-7-20(29-24(31)19-8-9-21-22(27)15-28-23(21)14-19)17-33-16-18-10-12-30(13-11-18)25(32)34-26(2,3)4/h8-9,14-15,18,20,28H,5-7,10-13,16-17H2,1-4H3,(H,29,31). The SMILES string of the molecule is CCCCC(COCC1CCN(C(=O)OC(C)(C)C)CC1)NC(=O)c1ccc2c(Cl)c[nH]c2c1. The third-order valence-electron chi connectivity index (χ3n) is 6.07. The van der Waals surface area contributed by atoms with Gasteiger partial charge in [-0.15, -0.1) is 0 Å². The summed E-state index contributed by atoms with van der Waals surface area (Å²) < 4.78 is 11.5. The van der Waals surface area contributed by atoms with E-state index < -0.39 is 5.60 Å². The number of halogens is 1. The van der Waals surface area contributed by atoms with Crippen molar-refractivity contribution < 1.29 is 19.1 Å². The molecular formula is C26H38ClN3O4. The molecule has 0 radical (unpaired) electrons. The molecule has 1 saturated heterocycles. The lowest BCUT2D eigenvalue weighted by molar-refractivity contribution is 0.0103. The highest BCUT2D eigenvalue weighted by atomic mass is 35.5. The summed E-state index contributed by atoms with van der Waals surface area (Å²) in [5.41, 5.74) is 0.966. The Morgan fingerprint density at radius 1 is 1.26 bits per heavy atom. The first-order chi connectivity index (χ1) is 16.2. The summed E-state index contributed by atoms with van der Waals surface area (Å²) in [5.74, 6) is 0.296. The van der Waals surface area contributed by atoms with Crippen molar-refractivity contribution in [2.24, 2.45) is 5.92 Å². The first-order valence-electron chi connectivity index (χ1n) is 12.3. The molecule has 34 heavy (non-hydrogen) atoms. The van der Waals surface area contributed by atoms with Crippen molar-refractivity contribution in [2.45, 2.75) is 71.4 Å². The number of nitrogens with zero attached hydrogens (tertiary/aromatic N) is 1. The Bertz CT molecular complexity index is 961. The Hall–Kier alpha value is -2.25. The van der Waals surface area contributed by atoms with Gasteiger partial charge in [-0.2, -0.15) is 0 Å². The van der Waals surface area contributed by atoms with Crippen LogP contribution >= 0.6 is 11.6 Å². The van der Waals surface area contributed by atoms with Crippen LogP contribution in [0.25, 0.3) is 10.9 Å². The van der Waals surface area contributed by atoms with E-state index in [0.717, 1.165) is 43.0 Å². The number of nitrogens with one attached hydrogen (secondary N) is 2. The van der Waals surface area contributed by atoms with Gasteiger partial charge in [0.2, 0.25) is 0 Å². The van der Waals surface area contributed by atoms with Gasteiger partial charge < -0.3 is 24.7 Å². The van der Waals surface area contributed by atoms with Crippen molar-refractivity contribution in [2.75, 3.05) is 26.3 Å². The average molecular weight is 492 g/mol. The Morgan fingerprint density at radius 3 is 2.68 bits per heavy atom. The van der Waals surface area contributed by atoms with Crippen LogP contribution in [0.5, 0.6) is 0 Å². The number of benzene rings is 1. The van der Waals surface area contributed by atoms with Gasteiger partial charge in [-0.3, -0.25) is 4.79 Å². The van der Waals surface area contributed by atoms with Gasteiger partial charge in [-0.05, 0) is 58.1 Å². The van der Waals surface area contributed by atoms with Crippen molar-refractivity contribution in [3.63, 3.8) is 0 Å². The molecule has 1 atom stereocenters. The molecular weight excluding hydrogens is 454 g/mol. The van der Waals surface area contributed by atoms with E-state index in [2.05, 4.69) is 17.2 Å². The van der Waals surface area contributed by atoms with Crippen LogP contribution in [0.15, 0.2) is 24.4 Å². The number of hydrogen-bond donors (Lipinski definition) is 2. The van der Waals surface area contributed by atoms with Crippen LogP contribution in [0, 0.1) is 5.92 Å². The quantitative estimate of drug-likeness (QED) is 0.466. The van der Waals surface area contributed by atoms with Crippen LogP contribution in [0.2, 0.25) is 5.02 Å². The smallest absolute Gasteiger partial charge is 0.410 e. The fourth-order valence-corrected chi connectivity index (χ4v) is 4.35. The van der Waals surface area contributed by atoms with Gasteiger partial charge in [0.15, 0.2) is 0 Å². The Labute approximate surface area is 207 Å². The van der Waals surface area contributed by atoms with Gasteiger partial charge in [-0.1, -0.05) is 37.4 Å². The van der Waals surface area contributed by atoms with Gasteiger partial charge in [0.25, 0.3) is 5.91 Å². The minimum atomic E-state index is -0.477. The van der Waals surface area contributed by atoms with Crippen molar-refractivity contribution in [3.8, 4) is 0 Å². The lowest BCUT2D eigenvalue weighted by Gasteiger charge is -2.33. The number of aromatic nitrogens is 1. The zero-order valence-corrected chi connectivity index (χ0v) is 21.5. The van der Waals surface area contributed by atoms with Crippen molar-refractivity contribution in [1.29, 1.82) is 0 Å². The Kier molecular flexibility index (Phi) is 9.25. The molecule has 1 aromatic carbocycles. The van der Waals surface area contributed by atoms with E-state index in [1.807, 2.05) is 32.9 Å². The zero-order chi connectivity index (χ0) is 24.7. The lowest BCUT2D eigenvalue weighted by Crippen LogP contribution is -2.43. The van der Waals surface area contributed by atoms with Gasteiger partial charge in [-0.25, -0.2) is 4.79 Å². The number of unbranched alkanes of at least 4 members (excludes halogenated alkanes) is 1. The third-order valence-corrected chi connectivity index (χ3v) is 6.39. The van der Waals surface area contributed by atoms with E-state index in [1.54, 1.807) is 17.2 Å². The molecule has 0 aliphatic carbocycles. The van der Waals surface area contributed by atoms with E-state index in [1.165, 1.54) is 0 Å². The van der Waals surface area contributed by atoms with Crippen LogP contribution in [0.1, 0.15) is 70.2 Å². The van der Waals surface area contributed by atoms with E-state index in [9.17, 15) is 9.59 Å². The highest BCUT2D eigenvalue weighted by Gasteiger charge is 2.27. The van der Waals surface area contributed by atoms with E-state index in [0.29, 0.717) is 42.8 Å². The minimum absolute atomic E-state index is 0.0442. The average Bonchev–Trinajstić information content (AvgIpc) is 3.16. The number of ether oxygens (including phenoxy) is 2. The molecule has 0 spiro atoms. The maximum absolute atomic E-state index is 12.9. The maximum atomic E-state index is 12.9. The number of amides is 2. The second-order valence-corrected chi connectivity index (χ2v) is 10.6. The van der Waals surface area contributed by atoms with Gasteiger partial charge >= 0.3 is 6.09 Å². The summed E-state index contributed by atoms with van der Waals surface area (Å²) >= 11 is 6.14. The van der Waals surface area contributed by atoms with Gasteiger partial charge in [0.05, 0.1) is 17.7 Å². The van der Waals surface area contributed by atoms with Crippen LogP contribution in [-0.4, -0.2) is 59.8 Å². The van der Waals surface area contributed by atoms with Crippen LogP contribution in [0.4, 0.5) is 4.79 Å². The Morgan fingerprint density at radius 2 is 2.00 bits per heavy atom. The number of fused-ring (bicyclic) bond motifs is 1. The van der Waals surface area contributed by atoms with E-state index in [-0.39, 0.29) is 18.0 Å². The van der Waals surface area contributed by atoms with Gasteiger partial charge in [0.1, 0.15) is 5.60 Å². The largest absolute Gasteiger partial charge is 0.444 e. The highest BCUT2D eigenvalue weighted by molar-refractivity contribution is 6.35. The predicted octanol–water partition coefficient (Wildman–Crippen LogP) is 5.77. The van der Waals surface area contributed by atoms with Crippen LogP contribution < -0.4 is 5.32 Å². The maximum Gasteiger partial charge on any atom is 0.410 e. The summed E-state index contributed by atoms with van der Waals surface area (Å²) in [6.07, 6.45) is 6.22. The zero-order valence-electron chi connectivity index (χ0n) is 20.8. The minimum Gasteiger partial charge on any atom is -0.444 e. The molecule has 1 aromatic heterocycles. The summed E-state index contributed by atoms with van der Waals surface area (Å²) in [5, 5.41) is 4.69. The lowest BCUT2D eigenvalue weighted by atomic mass is 9.98. The molecule has 188 valence electrons. The summed E-state index contributed by atoms with van der Waals surface area (Å²) in [6.45, 7) is 10.3. The van der Waals surface area contributed by atoms with Crippen molar-refractivity contribution in [3.05, 3.63) is 35.0 Å². The summed E-state index contributed by atoms with van der Waals surface area (Å²) in [7, 11) is 0. The fraction of sp³-hybridized carbons (Fsp3) is 0.615. The van der Waals surface area contributed by atoms with Crippen molar-refractivity contribution >= 4 is 34.5 Å². The topological polar surface area (TPSA) is 83.7 Å². The summed E-state index contributed by atoms with van der Waals surface area (Å²) in [6, 6.07) is 5.45. The molecule has 2 amide bonds. The normalized spacial score (nSPS) is 16.0. The molecule has 1 unspecified atom stereocenters. The monoisotopic (exact) mass is 491 g/mol. The molecule has 2 aromatic rings. The van der Waals surface area contributed by atoms with E-state index >= 15 is 0 Å². The molecule has 2 N–H and O–H groups in total. The molecule has 3 rings (SSSR count). The Balaban J connectivity index is 1.46. The number of piperidine rings is 1. The molecule has 1 fully saturated rings. The predicted molar refractivity (Wildman–Crippen MR) is 135 cm³/mol. The first-order valence-corrected chi connectivity index (χ1v) is 12.7.